The minimum Gasteiger partial charge on any atom is -0.491 e. The second-order valence-electron chi connectivity index (χ2n) is 4.31. The standard InChI is InChI=1S/C14H13Cl3N2O2/c1-2-8-21-11-6-5-10(19-13(20)14(15,16)17)9-4-3-7-18-12(9)11/h3-7H,2,8H2,1H3,(H,19,20). The Labute approximate surface area is 137 Å². The molecule has 1 aromatic heterocycles. The predicted molar refractivity (Wildman–Crippen MR) is 86.4 cm³/mol. The van der Waals surface area contributed by atoms with Crippen molar-refractivity contribution in [3.8, 4) is 5.75 Å². The second kappa shape index (κ2) is 6.69. The fraction of sp³-hybridized carbons (Fsp3) is 0.286. The van der Waals surface area contributed by atoms with Gasteiger partial charge in [-0.1, -0.05) is 41.7 Å². The van der Waals surface area contributed by atoms with Gasteiger partial charge in [-0.3, -0.25) is 9.78 Å². The minimum atomic E-state index is -2.02. The van der Waals surface area contributed by atoms with E-state index in [4.69, 9.17) is 39.5 Å². The number of carbonyl (C=O) groups is 1. The third kappa shape index (κ3) is 3.90. The van der Waals surface area contributed by atoms with Crippen molar-refractivity contribution >= 4 is 57.3 Å². The van der Waals surface area contributed by atoms with Crippen LogP contribution in [-0.4, -0.2) is 21.3 Å². The maximum Gasteiger partial charge on any atom is 0.276 e. The molecule has 0 saturated heterocycles. The third-order valence-corrected chi connectivity index (χ3v) is 3.21. The van der Waals surface area contributed by atoms with E-state index in [-0.39, 0.29) is 0 Å². The normalized spacial score (nSPS) is 11.4. The summed E-state index contributed by atoms with van der Waals surface area (Å²) in [4.78, 5) is 16.1. The van der Waals surface area contributed by atoms with Gasteiger partial charge in [0.15, 0.2) is 0 Å². The molecule has 0 fully saturated rings. The van der Waals surface area contributed by atoms with E-state index in [0.29, 0.717) is 28.9 Å². The highest BCUT2D eigenvalue weighted by Crippen LogP contribution is 2.33. The Balaban J connectivity index is 2.40. The summed E-state index contributed by atoms with van der Waals surface area (Å²) in [6.07, 6.45) is 2.54. The number of halogens is 3. The van der Waals surface area contributed by atoms with E-state index in [1.165, 1.54) is 0 Å². The van der Waals surface area contributed by atoms with Crippen LogP contribution < -0.4 is 10.1 Å². The number of aromatic nitrogens is 1. The third-order valence-electron chi connectivity index (χ3n) is 2.70. The van der Waals surface area contributed by atoms with Crippen molar-refractivity contribution < 1.29 is 9.53 Å². The number of rotatable bonds is 4. The average molecular weight is 348 g/mol. The zero-order valence-corrected chi connectivity index (χ0v) is 13.5. The summed E-state index contributed by atoms with van der Waals surface area (Å²) < 4.78 is 3.62. The molecule has 7 heteroatoms. The van der Waals surface area contributed by atoms with E-state index >= 15 is 0 Å². The molecule has 0 spiro atoms. The van der Waals surface area contributed by atoms with Crippen LogP contribution in [0.2, 0.25) is 0 Å². The Kier molecular flexibility index (Phi) is 5.14. The molecule has 4 nitrogen and oxygen atoms in total. The molecule has 0 radical (unpaired) electrons. The lowest BCUT2D eigenvalue weighted by atomic mass is 10.1. The Hall–Kier alpha value is -1.23. The van der Waals surface area contributed by atoms with Crippen LogP contribution >= 0.6 is 34.8 Å². The maximum absolute atomic E-state index is 11.8. The van der Waals surface area contributed by atoms with Gasteiger partial charge in [0.2, 0.25) is 0 Å². The van der Waals surface area contributed by atoms with Crippen molar-refractivity contribution in [3.63, 3.8) is 0 Å². The molecule has 0 aliphatic heterocycles. The van der Waals surface area contributed by atoms with Gasteiger partial charge in [-0.05, 0) is 30.7 Å². The molecule has 0 unspecified atom stereocenters. The summed E-state index contributed by atoms with van der Waals surface area (Å²) in [6, 6.07) is 7.01. The smallest absolute Gasteiger partial charge is 0.276 e. The first kappa shape index (κ1) is 16.1. The molecular formula is C14H13Cl3N2O2. The fourth-order valence-corrected chi connectivity index (χ4v) is 1.92. The van der Waals surface area contributed by atoms with Gasteiger partial charge >= 0.3 is 0 Å². The summed E-state index contributed by atoms with van der Waals surface area (Å²) >= 11 is 16.7. The van der Waals surface area contributed by atoms with Gasteiger partial charge < -0.3 is 10.1 Å². The van der Waals surface area contributed by atoms with Crippen molar-refractivity contribution in [3.05, 3.63) is 30.5 Å². The lowest BCUT2D eigenvalue weighted by Gasteiger charge is -2.14. The topological polar surface area (TPSA) is 51.2 Å². The largest absolute Gasteiger partial charge is 0.491 e. The van der Waals surface area contributed by atoms with E-state index in [0.717, 1.165) is 6.42 Å². The van der Waals surface area contributed by atoms with Crippen LogP contribution in [0.5, 0.6) is 5.75 Å². The van der Waals surface area contributed by atoms with Crippen LogP contribution in [0.15, 0.2) is 30.5 Å². The second-order valence-corrected chi connectivity index (χ2v) is 6.59. The number of carbonyl (C=O) groups excluding carboxylic acids is 1. The predicted octanol–water partition coefficient (Wildman–Crippen LogP) is 4.33. The Morgan fingerprint density at radius 1 is 1.33 bits per heavy atom. The number of anilines is 1. The molecule has 1 aromatic carbocycles. The fourth-order valence-electron chi connectivity index (χ4n) is 1.78. The quantitative estimate of drug-likeness (QED) is 0.837. The molecule has 2 aromatic rings. The molecule has 1 amide bonds. The van der Waals surface area contributed by atoms with Crippen LogP contribution in [0.1, 0.15) is 13.3 Å². The molecule has 0 aliphatic rings. The number of nitrogens with one attached hydrogen (secondary N) is 1. The number of fused-ring (bicyclic) bond motifs is 1. The Morgan fingerprint density at radius 3 is 2.76 bits per heavy atom. The average Bonchev–Trinajstić information content (AvgIpc) is 2.45. The number of hydrogen-bond acceptors (Lipinski definition) is 3. The van der Waals surface area contributed by atoms with Gasteiger partial charge in [-0.25, -0.2) is 0 Å². The summed E-state index contributed by atoms with van der Waals surface area (Å²) in [5.74, 6) is -0.0702. The van der Waals surface area contributed by atoms with Crippen molar-refractivity contribution in [2.45, 2.75) is 17.1 Å². The van der Waals surface area contributed by atoms with Gasteiger partial charge in [0, 0.05) is 11.6 Å². The van der Waals surface area contributed by atoms with Crippen LogP contribution in [-0.2, 0) is 4.79 Å². The van der Waals surface area contributed by atoms with E-state index in [9.17, 15) is 4.79 Å². The van der Waals surface area contributed by atoms with E-state index in [1.54, 1.807) is 24.4 Å². The highest BCUT2D eigenvalue weighted by Gasteiger charge is 2.31. The molecule has 112 valence electrons. The van der Waals surface area contributed by atoms with Crippen LogP contribution in [0.3, 0.4) is 0 Å². The molecule has 0 aliphatic carbocycles. The summed E-state index contributed by atoms with van der Waals surface area (Å²) in [6.45, 7) is 2.61. The van der Waals surface area contributed by atoms with E-state index < -0.39 is 9.70 Å². The Bertz CT molecular complexity index is 656. The molecule has 1 N–H and O–H groups in total. The molecule has 0 saturated carbocycles. The first-order chi connectivity index (χ1) is 9.93. The minimum absolute atomic E-state index is 0.512. The number of nitrogens with zero attached hydrogens (tertiary/aromatic N) is 1. The lowest BCUT2D eigenvalue weighted by Crippen LogP contribution is -2.27. The van der Waals surface area contributed by atoms with Gasteiger partial charge in [-0.2, -0.15) is 0 Å². The van der Waals surface area contributed by atoms with Crippen LogP contribution in [0, 0.1) is 0 Å². The summed E-state index contributed by atoms with van der Waals surface area (Å²) in [7, 11) is 0. The van der Waals surface area contributed by atoms with E-state index in [1.807, 2.05) is 13.0 Å². The van der Waals surface area contributed by atoms with E-state index in [2.05, 4.69) is 10.3 Å². The first-order valence-electron chi connectivity index (χ1n) is 6.32. The highest BCUT2D eigenvalue weighted by molar-refractivity contribution is 6.76. The molecular weight excluding hydrogens is 335 g/mol. The number of benzene rings is 1. The van der Waals surface area contributed by atoms with Crippen LogP contribution in [0.4, 0.5) is 5.69 Å². The number of alkyl halides is 3. The van der Waals surface area contributed by atoms with Gasteiger partial charge in [0.05, 0.1) is 12.3 Å². The highest BCUT2D eigenvalue weighted by atomic mass is 35.6. The number of pyridine rings is 1. The van der Waals surface area contributed by atoms with Gasteiger partial charge in [0.1, 0.15) is 11.3 Å². The SMILES string of the molecule is CCCOc1ccc(NC(=O)C(Cl)(Cl)Cl)c2cccnc12. The van der Waals surface area contributed by atoms with Crippen molar-refractivity contribution in [2.24, 2.45) is 0 Å². The van der Waals surface area contributed by atoms with Crippen molar-refractivity contribution in [2.75, 3.05) is 11.9 Å². The zero-order valence-electron chi connectivity index (χ0n) is 11.2. The van der Waals surface area contributed by atoms with Gasteiger partial charge in [0.25, 0.3) is 9.70 Å². The van der Waals surface area contributed by atoms with Crippen LogP contribution in [0.25, 0.3) is 10.9 Å². The van der Waals surface area contributed by atoms with Gasteiger partial charge in [-0.15, -0.1) is 0 Å². The monoisotopic (exact) mass is 346 g/mol. The Morgan fingerprint density at radius 2 is 2.10 bits per heavy atom. The molecule has 0 bridgehead atoms. The summed E-state index contributed by atoms with van der Waals surface area (Å²) in [5, 5.41) is 3.29. The molecule has 0 atom stereocenters. The number of hydrogen-bond donors (Lipinski definition) is 1. The lowest BCUT2D eigenvalue weighted by molar-refractivity contribution is -0.115. The molecule has 21 heavy (non-hydrogen) atoms. The zero-order chi connectivity index (χ0) is 15.5. The molecule has 1 heterocycles. The summed E-state index contributed by atoms with van der Waals surface area (Å²) in [5.41, 5.74) is 1.16. The van der Waals surface area contributed by atoms with Crippen molar-refractivity contribution in [1.82, 2.24) is 4.98 Å². The van der Waals surface area contributed by atoms with Crippen molar-refractivity contribution in [1.29, 1.82) is 0 Å². The molecule has 2 rings (SSSR count). The number of amides is 1. The first-order valence-corrected chi connectivity index (χ1v) is 7.45. The number of ether oxygens (including phenoxy) is 1. The maximum atomic E-state index is 11.8.